The summed E-state index contributed by atoms with van der Waals surface area (Å²) in [6.45, 7) is 4.14. The molecule has 0 amide bonds. The molecule has 1 aliphatic rings. The highest BCUT2D eigenvalue weighted by Crippen LogP contribution is 2.39. The van der Waals surface area contributed by atoms with E-state index in [1.54, 1.807) is 6.20 Å². The average Bonchev–Trinajstić information content (AvgIpc) is 2.40. The predicted octanol–water partition coefficient (Wildman–Crippen LogP) is 2.80. The molecule has 1 N–H and O–H groups in total. The zero-order chi connectivity index (χ0) is 13.0. The van der Waals surface area contributed by atoms with E-state index in [2.05, 4.69) is 16.9 Å². The van der Waals surface area contributed by atoms with Gasteiger partial charge in [0.2, 0.25) is 0 Å². The van der Waals surface area contributed by atoms with Crippen LogP contribution in [0, 0.1) is 0 Å². The van der Waals surface area contributed by atoms with Gasteiger partial charge in [-0.3, -0.25) is 9.79 Å². The highest BCUT2D eigenvalue weighted by molar-refractivity contribution is 5.82. The fourth-order valence-corrected chi connectivity index (χ4v) is 2.70. The van der Waals surface area contributed by atoms with Gasteiger partial charge in [-0.05, 0) is 26.2 Å². The monoisotopic (exact) mass is 247 g/mol. The van der Waals surface area contributed by atoms with E-state index in [-0.39, 0.29) is 11.1 Å². The second-order valence-electron chi connectivity index (χ2n) is 5.09. The van der Waals surface area contributed by atoms with Crippen molar-refractivity contribution in [3.63, 3.8) is 0 Å². The van der Waals surface area contributed by atoms with Crippen LogP contribution >= 0.6 is 0 Å². The Hall–Kier alpha value is -1.45. The second kappa shape index (κ2) is 5.46. The smallest absolute Gasteiger partial charge is 0.256 e. The average molecular weight is 247 g/mol. The van der Waals surface area contributed by atoms with Gasteiger partial charge in [0.15, 0.2) is 0 Å². The van der Waals surface area contributed by atoms with E-state index < -0.39 is 0 Å². The predicted molar refractivity (Wildman–Crippen MR) is 73.0 cm³/mol. The lowest BCUT2D eigenvalue weighted by Gasteiger charge is -2.33. The number of hydrogen-bond acceptors (Lipinski definition) is 3. The molecule has 0 unspecified atom stereocenters. The minimum Gasteiger partial charge on any atom is -0.313 e. The molecule has 0 bridgehead atoms. The van der Waals surface area contributed by atoms with Crippen LogP contribution in [0.2, 0.25) is 0 Å². The van der Waals surface area contributed by atoms with Gasteiger partial charge in [0.1, 0.15) is 0 Å². The third-order valence-electron chi connectivity index (χ3n) is 3.82. The van der Waals surface area contributed by atoms with Crippen LogP contribution in [-0.4, -0.2) is 15.7 Å². The molecule has 0 radical (unpaired) electrons. The molecule has 1 heterocycles. The first kappa shape index (κ1) is 13.0. The normalized spacial score (nSPS) is 19.8. The van der Waals surface area contributed by atoms with E-state index in [1.165, 1.54) is 12.7 Å². The maximum Gasteiger partial charge on any atom is 0.256 e. The summed E-state index contributed by atoms with van der Waals surface area (Å²) in [5.41, 5.74) is 1.47. The molecule has 1 aliphatic carbocycles. The Morgan fingerprint density at radius 3 is 2.78 bits per heavy atom. The second-order valence-corrected chi connectivity index (χ2v) is 5.09. The van der Waals surface area contributed by atoms with Crippen LogP contribution < -0.4 is 5.56 Å². The molecule has 4 nitrogen and oxygen atoms in total. The Balaban J connectivity index is 2.48. The van der Waals surface area contributed by atoms with Gasteiger partial charge in [-0.2, -0.15) is 0 Å². The number of rotatable bonds is 3. The fourth-order valence-electron chi connectivity index (χ4n) is 2.70. The minimum atomic E-state index is -0.333. The molecule has 0 aromatic carbocycles. The summed E-state index contributed by atoms with van der Waals surface area (Å²) in [4.78, 5) is 23.7. The van der Waals surface area contributed by atoms with E-state index >= 15 is 0 Å². The van der Waals surface area contributed by atoms with Crippen molar-refractivity contribution in [2.45, 2.75) is 57.9 Å². The van der Waals surface area contributed by atoms with E-state index in [4.69, 9.17) is 4.99 Å². The van der Waals surface area contributed by atoms with E-state index in [0.29, 0.717) is 0 Å². The molecule has 0 atom stereocenters. The Morgan fingerprint density at radius 1 is 1.44 bits per heavy atom. The lowest BCUT2D eigenvalue weighted by atomic mass is 9.78. The number of nitrogens with one attached hydrogen (secondary N) is 1. The van der Waals surface area contributed by atoms with Crippen molar-refractivity contribution in [1.82, 2.24) is 9.97 Å². The van der Waals surface area contributed by atoms with Crippen molar-refractivity contribution in [2.75, 3.05) is 0 Å². The Kier molecular flexibility index (Phi) is 3.94. The molecule has 0 saturated heterocycles. The Labute approximate surface area is 108 Å². The highest BCUT2D eigenvalue weighted by atomic mass is 16.1. The van der Waals surface area contributed by atoms with Crippen LogP contribution in [0.4, 0.5) is 0 Å². The van der Waals surface area contributed by atoms with Crippen molar-refractivity contribution in [1.29, 1.82) is 0 Å². The summed E-state index contributed by atoms with van der Waals surface area (Å²) in [5, 5.41) is 0. The van der Waals surface area contributed by atoms with E-state index in [1.807, 2.05) is 6.92 Å². The molecular weight excluding hydrogens is 226 g/mol. The fraction of sp³-hybridized carbons (Fsp3) is 0.643. The first-order valence-corrected chi connectivity index (χ1v) is 6.76. The summed E-state index contributed by atoms with van der Waals surface area (Å²) < 4.78 is 0. The molecule has 98 valence electrons. The number of H-pyrrole nitrogens is 1. The first-order chi connectivity index (χ1) is 8.68. The summed E-state index contributed by atoms with van der Waals surface area (Å²) in [5.74, 6) is 0. The molecule has 1 fully saturated rings. The molecular formula is C14H21N3O. The quantitative estimate of drug-likeness (QED) is 0.835. The summed E-state index contributed by atoms with van der Waals surface area (Å²) in [6.07, 6.45) is 9.48. The third-order valence-corrected chi connectivity index (χ3v) is 3.82. The van der Waals surface area contributed by atoms with Crippen molar-refractivity contribution in [3.8, 4) is 0 Å². The summed E-state index contributed by atoms with van der Waals surface area (Å²) >= 11 is 0. The van der Waals surface area contributed by atoms with Gasteiger partial charge < -0.3 is 4.98 Å². The first-order valence-electron chi connectivity index (χ1n) is 6.76. The largest absolute Gasteiger partial charge is 0.313 e. The Bertz CT molecular complexity index is 484. The molecule has 18 heavy (non-hydrogen) atoms. The zero-order valence-electron chi connectivity index (χ0n) is 11.2. The Morgan fingerprint density at radius 2 is 2.17 bits per heavy atom. The van der Waals surface area contributed by atoms with E-state index in [9.17, 15) is 4.79 Å². The van der Waals surface area contributed by atoms with Crippen LogP contribution in [-0.2, 0) is 5.54 Å². The number of aromatic nitrogens is 2. The molecule has 0 aliphatic heterocycles. The van der Waals surface area contributed by atoms with Crippen molar-refractivity contribution in [2.24, 2.45) is 4.99 Å². The van der Waals surface area contributed by atoms with Gasteiger partial charge in [-0.15, -0.1) is 0 Å². The number of hydrogen-bond donors (Lipinski definition) is 1. The standard InChI is InChI=1S/C14H21N3O/c1-3-11(2)17-14(7-5-4-6-8-14)12-9-15-10-16-13(12)18/h9-10H,3-8H2,1-2H3,(H,15,16,18). The number of aromatic amines is 1. The maximum absolute atomic E-state index is 12.0. The van der Waals surface area contributed by atoms with Gasteiger partial charge >= 0.3 is 0 Å². The van der Waals surface area contributed by atoms with Gasteiger partial charge in [0, 0.05) is 11.9 Å². The topological polar surface area (TPSA) is 58.1 Å². The lowest BCUT2D eigenvalue weighted by Crippen LogP contribution is -2.34. The molecule has 1 saturated carbocycles. The summed E-state index contributed by atoms with van der Waals surface area (Å²) in [6, 6.07) is 0. The number of nitrogens with zero attached hydrogens (tertiary/aromatic N) is 2. The van der Waals surface area contributed by atoms with Gasteiger partial charge in [-0.25, -0.2) is 4.98 Å². The molecule has 1 aromatic heterocycles. The molecule has 1 aromatic rings. The lowest BCUT2D eigenvalue weighted by molar-refractivity contribution is 0.301. The molecule has 0 spiro atoms. The SMILES string of the molecule is CCC(C)=NC1(c2cnc[nH]c2=O)CCCCC1. The van der Waals surface area contributed by atoms with Crippen LogP contribution in [0.15, 0.2) is 22.3 Å². The van der Waals surface area contributed by atoms with Crippen molar-refractivity contribution < 1.29 is 0 Å². The van der Waals surface area contributed by atoms with E-state index in [0.717, 1.165) is 43.4 Å². The van der Waals surface area contributed by atoms with Crippen LogP contribution in [0.5, 0.6) is 0 Å². The van der Waals surface area contributed by atoms with Crippen LogP contribution in [0.1, 0.15) is 57.9 Å². The van der Waals surface area contributed by atoms with Crippen LogP contribution in [0.25, 0.3) is 0 Å². The van der Waals surface area contributed by atoms with Crippen molar-refractivity contribution >= 4 is 5.71 Å². The maximum atomic E-state index is 12.0. The van der Waals surface area contributed by atoms with Gasteiger partial charge in [0.25, 0.3) is 5.56 Å². The van der Waals surface area contributed by atoms with Crippen LogP contribution in [0.3, 0.4) is 0 Å². The number of aliphatic imine (C=N–C) groups is 1. The zero-order valence-corrected chi connectivity index (χ0v) is 11.2. The molecule has 2 rings (SSSR count). The summed E-state index contributed by atoms with van der Waals surface area (Å²) in [7, 11) is 0. The highest BCUT2D eigenvalue weighted by Gasteiger charge is 2.35. The van der Waals surface area contributed by atoms with Crippen molar-refractivity contribution in [3.05, 3.63) is 28.4 Å². The molecule has 4 heteroatoms. The van der Waals surface area contributed by atoms with Gasteiger partial charge in [-0.1, -0.05) is 26.2 Å². The minimum absolute atomic E-state index is 0.0421. The van der Waals surface area contributed by atoms with Gasteiger partial charge in [0.05, 0.1) is 17.4 Å². The third kappa shape index (κ3) is 2.52.